The van der Waals surface area contributed by atoms with E-state index in [-0.39, 0.29) is 11.8 Å². The molecule has 5 heteroatoms. The van der Waals surface area contributed by atoms with Crippen LogP contribution in [0.2, 0.25) is 0 Å². The quantitative estimate of drug-likeness (QED) is 0.503. The number of ether oxygens (including phenoxy) is 1. The molecule has 16 heavy (non-hydrogen) atoms. The summed E-state index contributed by atoms with van der Waals surface area (Å²) in [6, 6.07) is 0. The van der Waals surface area contributed by atoms with Gasteiger partial charge in [0.15, 0.2) is 15.3 Å². The average molecular weight is 280 g/mol. The van der Waals surface area contributed by atoms with Gasteiger partial charge in [-0.3, -0.25) is 4.79 Å². The summed E-state index contributed by atoms with van der Waals surface area (Å²) in [5, 5.41) is -0.733. The molecule has 1 saturated heterocycles. The Morgan fingerprint density at radius 1 is 1.38 bits per heavy atom. The third-order valence-electron chi connectivity index (χ3n) is 3.73. The summed E-state index contributed by atoms with van der Waals surface area (Å²) in [5.41, 5.74) is -0.904. The summed E-state index contributed by atoms with van der Waals surface area (Å²) in [6.07, 6.45) is 8.60. The predicted molar refractivity (Wildman–Crippen MR) is 62.8 cm³/mol. The second-order valence-electron chi connectivity index (χ2n) is 4.38. The molecule has 2 nitrogen and oxygen atoms in total. The fraction of sp³-hybridized carbons (Fsp3) is 0.545. The number of esters is 1. The van der Waals surface area contributed by atoms with Gasteiger partial charge in [-0.05, 0) is 6.42 Å². The van der Waals surface area contributed by atoms with Gasteiger partial charge in [-0.1, -0.05) is 47.5 Å². The lowest BCUT2D eigenvalue weighted by Gasteiger charge is -2.66. The molecule has 86 valence electrons. The molecule has 0 unspecified atom stereocenters. The van der Waals surface area contributed by atoms with Crippen LogP contribution in [0.25, 0.3) is 0 Å². The fourth-order valence-electron chi connectivity index (χ4n) is 2.88. The zero-order chi connectivity index (χ0) is 11.6. The predicted octanol–water partition coefficient (Wildman–Crippen LogP) is 2.83. The SMILES string of the molecule is O=C1O[C@]2([C@@H]1Cl)[C@@H]1CC=CC=C[C@@H]1C2(Cl)Cl. The fourth-order valence-corrected chi connectivity index (χ4v) is 4.44. The van der Waals surface area contributed by atoms with Crippen molar-refractivity contribution in [1.29, 1.82) is 0 Å². The Morgan fingerprint density at radius 2 is 2.12 bits per heavy atom. The van der Waals surface area contributed by atoms with E-state index in [0.29, 0.717) is 0 Å². The maximum atomic E-state index is 11.2. The van der Waals surface area contributed by atoms with Crippen molar-refractivity contribution in [2.24, 2.45) is 11.8 Å². The Bertz CT molecular complexity index is 415. The summed E-state index contributed by atoms with van der Waals surface area (Å²) >= 11 is 18.6. The van der Waals surface area contributed by atoms with Crippen molar-refractivity contribution >= 4 is 40.8 Å². The zero-order valence-electron chi connectivity index (χ0n) is 8.20. The molecule has 0 aromatic heterocycles. The second kappa shape index (κ2) is 3.18. The van der Waals surface area contributed by atoms with Crippen molar-refractivity contribution in [3.63, 3.8) is 0 Å². The molecule has 4 atom stereocenters. The van der Waals surface area contributed by atoms with E-state index in [0.717, 1.165) is 6.42 Å². The van der Waals surface area contributed by atoms with E-state index >= 15 is 0 Å². The first-order chi connectivity index (χ1) is 7.52. The average Bonchev–Trinajstić information content (AvgIpc) is 2.48. The van der Waals surface area contributed by atoms with E-state index in [1.807, 2.05) is 24.3 Å². The van der Waals surface area contributed by atoms with E-state index in [9.17, 15) is 4.79 Å². The van der Waals surface area contributed by atoms with Crippen LogP contribution in [0.1, 0.15) is 6.42 Å². The molecule has 1 heterocycles. The van der Waals surface area contributed by atoms with Crippen LogP contribution < -0.4 is 0 Å². The standard InChI is InChI=1S/C11H9Cl3O2/c12-8-9(15)16-10(8)6-4-2-1-3-5-7(6)11(10,13)14/h1-3,5-8H,4H2/t6-,7+,8-,10+/m1/s1. The van der Waals surface area contributed by atoms with Gasteiger partial charge in [0.1, 0.15) is 0 Å². The summed E-state index contributed by atoms with van der Waals surface area (Å²) in [7, 11) is 0. The van der Waals surface area contributed by atoms with E-state index in [2.05, 4.69) is 0 Å². The summed E-state index contributed by atoms with van der Waals surface area (Å²) in [5.74, 6) is -0.360. The molecule has 0 aromatic rings. The van der Waals surface area contributed by atoms with Gasteiger partial charge < -0.3 is 4.74 Å². The lowest BCUT2D eigenvalue weighted by atomic mass is 9.55. The Balaban J connectivity index is 1.99. The van der Waals surface area contributed by atoms with Crippen LogP contribution in [-0.4, -0.2) is 21.3 Å². The number of alkyl halides is 3. The third kappa shape index (κ3) is 0.993. The second-order valence-corrected chi connectivity index (χ2v) is 6.20. The first kappa shape index (κ1) is 10.9. The minimum absolute atomic E-state index is 0.0137. The zero-order valence-corrected chi connectivity index (χ0v) is 10.5. The van der Waals surface area contributed by atoms with Gasteiger partial charge in [-0.2, -0.15) is 0 Å². The van der Waals surface area contributed by atoms with Gasteiger partial charge >= 0.3 is 5.97 Å². The number of hydrogen-bond acceptors (Lipinski definition) is 2. The van der Waals surface area contributed by atoms with Crippen LogP contribution in [-0.2, 0) is 9.53 Å². The summed E-state index contributed by atoms with van der Waals surface area (Å²) in [4.78, 5) is 11.2. The third-order valence-corrected chi connectivity index (χ3v) is 5.33. The number of halogens is 3. The van der Waals surface area contributed by atoms with E-state index in [1.165, 1.54) is 0 Å². The van der Waals surface area contributed by atoms with E-state index in [4.69, 9.17) is 39.5 Å². The summed E-state index contributed by atoms with van der Waals surface area (Å²) in [6.45, 7) is 0. The van der Waals surface area contributed by atoms with Crippen LogP contribution in [0, 0.1) is 11.8 Å². The molecule has 3 rings (SSSR count). The highest BCUT2D eigenvalue weighted by Crippen LogP contribution is 2.68. The molecule has 0 bridgehead atoms. The highest BCUT2D eigenvalue weighted by molar-refractivity contribution is 6.52. The number of hydrogen-bond donors (Lipinski definition) is 0. The highest BCUT2D eigenvalue weighted by Gasteiger charge is 2.81. The van der Waals surface area contributed by atoms with Crippen molar-refractivity contribution in [2.75, 3.05) is 0 Å². The number of rotatable bonds is 0. The van der Waals surface area contributed by atoms with Gasteiger partial charge in [-0.15, -0.1) is 11.6 Å². The number of carbonyl (C=O) groups excluding carboxylic acids is 1. The molecule has 0 N–H and O–H groups in total. The number of allylic oxidation sites excluding steroid dienone is 4. The molecule has 2 aliphatic carbocycles. The maximum Gasteiger partial charge on any atom is 0.329 e. The highest BCUT2D eigenvalue weighted by atomic mass is 35.5. The van der Waals surface area contributed by atoms with Crippen molar-refractivity contribution in [1.82, 2.24) is 0 Å². The monoisotopic (exact) mass is 278 g/mol. The van der Waals surface area contributed by atoms with Crippen molar-refractivity contribution in [3.8, 4) is 0 Å². The topological polar surface area (TPSA) is 26.3 Å². The normalized spacial score (nSPS) is 47.7. The Hall–Kier alpha value is -0.180. The Kier molecular flexibility index (Phi) is 2.18. The first-order valence-corrected chi connectivity index (χ1v) is 6.29. The minimum Gasteiger partial charge on any atom is -0.452 e. The Morgan fingerprint density at radius 3 is 2.75 bits per heavy atom. The van der Waals surface area contributed by atoms with E-state index in [1.54, 1.807) is 0 Å². The molecule has 0 aromatic carbocycles. The summed E-state index contributed by atoms with van der Waals surface area (Å²) < 4.78 is 4.10. The van der Waals surface area contributed by atoms with Gasteiger partial charge in [0.05, 0.1) is 0 Å². The lowest BCUT2D eigenvalue weighted by molar-refractivity contribution is -0.236. The molecule has 0 amide bonds. The molecule has 3 aliphatic rings. The van der Waals surface area contributed by atoms with Gasteiger partial charge in [-0.25, -0.2) is 0 Å². The van der Waals surface area contributed by atoms with Gasteiger partial charge in [0.25, 0.3) is 0 Å². The smallest absolute Gasteiger partial charge is 0.329 e. The largest absolute Gasteiger partial charge is 0.452 e. The van der Waals surface area contributed by atoms with Crippen LogP contribution in [0.5, 0.6) is 0 Å². The van der Waals surface area contributed by atoms with Crippen molar-refractivity contribution in [2.45, 2.75) is 21.7 Å². The van der Waals surface area contributed by atoms with Crippen LogP contribution in [0.4, 0.5) is 0 Å². The molecule has 0 radical (unpaired) electrons. The number of carbonyl (C=O) groups is 1. The van der Waals surface area contributed by atoms with E-state index < -0.39 is 21.3 Å². The molecule has 2 fully saturated rings. The lowest BCUT2D eigenvalue weighted by Crippen LogP contribution is -2.82. The number of fused-ring (bicyclic) bond motifs is 2. The first-order valence-electron chi connectivity index (χ1n) is 5.10. The van der Waals surface area contributed by atoms with Crippen molar-refractivity contribution in [3.05, 3.63) is 24.3 Å². The van der Waals surface area contributed by atoms with Gasteiger partial charge in [0.2, 0.25) is 0 Å². The molecular weight excluding hydrogens is 270 g/mol. The molecule has 1 saturated carbocycles. The molecule has 1 spiro atoms. The van der Waals surface area contributed by atoms with Crippen molar-refractivity contribution < 1.29 is 9.53 Å². The molecular formula is C11H9Cl3O2. The maximum absolute atomic E-state index is 11.2. The molecule has 1 aliphatic heterocycles. The Labute approximate surface area is 108 Å². The van der Waals surface area contributed by atoms with Crippen LogP contribution in [0.15, 0.2) is 24.3 Å². The van der Waals surface area contributed by atoms with Crippen LogP contribution in [0.3, 0.4) is 0 Å². The van der Waals surface area contributed by atoms with Gasteiger partial charge in [0, 0.05) is 11.8 Å². The van der Waals surface area contributed by atoms with Crippen LogP contribution >= 0.6 is 34.8 Å². The minimum atomic E-state index is -1.11.